The average Bonchev–Trinajstić information content (AvgIpc) is 1.80. The predicted molar refractivity (Wildman–Crippen MR) is 43.7 cm³/mol. The number of rotatable bonds is 0. The van der Waals surface area contributed by atoms with Gasteiger partial charge in [-0.15, -0.1) is 0 Å². The summed E-state index contributed by atoms with van der Waals surface area (Å²) in [5.41, 5.74) is 10.8. The van der Waals surface area contributed by atoms with E-state index in [0.717, 1.165) is 0 Å². The van der Waals surface area contributed by atoms with Crippen LogP contribution in [-0.4, -0.2) is 12.1 Å². The third-order valence-corrected chi connectivity index (χ3v) is 2.30. The van der Waals surface area contributed by atoms with Crippen molar-refractivity contribution in [1.82, 2.24) is 0 Å². The highest BCUT2D eigenvalue weighted by molar-refractivity contribution is 4.70. The second-order valence-electron chi connectivity index (χ2n) is 3.38. The summed E-state index contributed by atoms with van der Waals surface area (Å²) in [6.07, 6.45) is 7.78. The molecule has 0 heterocycles. The lowest BCUT2D eigenvalue weighted by molar-refractivity contribution is 0.417. The van der Waals surface area contributed by atoms with Crippen LogP contribution in [0.15, 0.2) is 0 Å². The van der Waals surface area contributed by atoms with E-state index in [1.165, 1.54) is 38.5 Å². The van der Waals surface area contributed by atoms with Gasteiger partial charge in [0.1, 0.15) is 0 Å². The molecule has 4 N–H and O–H groups in total. The van der Waals surface area contributed by atoms with Gasteiger partial charge in [-0.2, -0.15) is 0 Å². The summed E-state index contributed by atoms with van der Waals surface area (Å²) in [6, 6.07) is 1.13. The van der Waals surface area contributed by atoms with E-state index >= 15 is 0 Å². The quantitative estimate of drug-likeness (QED) is 0.530. The van der Waals surface area contributed by atoms with E-state index in [9.17, 15) is 0 Å². The Hall–Kier alpha value is -0.0800. The number of hydrogen-bond donors (Lipinski definition) is 2. The smallest absolute Gasteiger partial charge is 0.00388 e. The minimum absolute atomic E-state index is 0.565. The molecule has 2 rings (SSSR count). The highest BCUT2D eigenvalue weighted by atomic mass is 14.7. The molecule has 0 radical (unpaired) electrons. The molecule has 2 nitrogen and oxygen atoms in total. The maximum absolute atomic E-state index is 5.38. The summed E-state index contributed by atoms with van der Waals surface area (Å²) >= 11 is 0. The molecule has 2 heteroatoms. The molecule has 0 aliphatic heterocycles. The van der Waals surface area contributed by atoms with E-state index in [1.54, 1.807) is 0 Å². The molecular formula is C8H18N2. The van der Waals surface area contributed by atoms with Crippen LogP contribution in [0.5, 0.6) is 0 Å². The summed E-state index contributed by atoms with van der Waals surface area (Å²) in [5, 5.41) is 0. The second kappa shape index (κ2) is 3.94. The predicted octanol–water partition coefficient (Wildman–Crippen LogP) is 0.995. The minimum atomic E-state index is 0.565. The van der Waals surface area contributed by atoms with Gasteiger partial charge in [0.25, 0.3) is 0 Å². The third kappa shape index (κ3) is 2.67. The van der Waals surface area contributed by atoms with E-state index < -0.39 is 0 Å². The molecule has 0 aromatic rings. The van der Waals surface area contributed by atoms with E-state index in [4.69, 9.17) is 11.5 Å². The zero-order chi connectivity index (χ0) is 7.40. The lowest BCUT2D eigenvalue weighted by atomic mass is 9.95. The molecule has 0 aromatic heterocycles. The molecule has 10 heavy (non-hydrogen) atoms. The molecule has 2 aliphatic carbocycles. The lowest BCUT2D eigenvalue weighted by Gasteiger charge is -2.18. The molecular weight excluding hydrogens is 124 g/mol. The first kappa shape index (κ1) is 8.02. The summed E-state index contributed by atoms with van der Waals surface area (Å²) in [7, 11) is 0. The summed E-state index contributed by atoms with van der Waals surface area (Å²) in [5.74, 6) is 0. The lowest BCUT2D eigenvalue weighted by Crippen LogP contribution is -2.27. The summed E-state index contributed by atoms with van der Waals surface area (Å²) in [6.45, 7) is 0. The largest absolute Gasteiger partial charge is 0.328 e. The van der Waals surface area contributed by atoms with Crippen LogP contribution in [-0.2, 0) is 0 Å². The standard InChI is InChI=1S/2C4H9N/c2*5-4-2-1-3-4/h2*4H,1-3,5H2. The van der Waals surface area contributed by atoms with Crippen LogP contribution in [0.2, 0.25) is 0 Å². The summed E-state index contributed by atoms with van der Waals surface area (Å²) < 4.78 is 0. The Bertz CT molecular complexity index is 73.3. The van der Waals surface area contributed by atoms with Crippen molar-refractivity contribution >= 4 is 0 Å². The highest BCUT2D eigenvalue weighted by Crippen LogP contribution is 2.14. The minimum Gasteiger partial charge on any atom is -0.328 e. The first-order valence-corrected chi connectivity index (χ1v) is 4.30. The average molecular weight is 142 g/mol. The fraction of sp³-hybridized carbons (Fsp3) is 1.00. The third-order valence-electron chi connectivity index (χ3n) is 2.30. The van der Waals surface area contributed by atoms with Gasteiger partial charge < -0.3 is 11.5 Å². The van der Waals surface area contributed by atoms with Gasteiger partial charge in [-0.1, -0.05) is 12.8 Å². The van der Waals surface area contributed by atoms with Crippen LogP contribution in [0.3, 0.4) is 0 Å². The van der Waals surface area contributed by atoms with Crippen molar-refractivity contribution in [3.8, 4) is 0 Å². The SMILES string of the molecule is NC1CCC1.NC1CCC1. The Kier molecular flexibility index (Phi) is 3.16. The van der Waals surface area contributed by atoms with Gasteiger partial charge >= 0.3 is 0 Å². The van der Waals surface area contributed by atoms with Crippen LogP contribution in [0.4, 0.5) is 0 Å². The molecule has 0 spiro atoms. The van der Waals surface area contributed by atoms with Crippen LogP contribution >= 0.6 is 0 Å². The molecule has 2 aliphatic rings. The highest BCUT2D eigenvalue weighted by Gasteiger charge is 2.10. The molecule has 0 unspecified atom stereocenters. The summed E-state index contributed by atoms with van der Waals surface area (Å²) in [4.78, 5) is 0. The molecule has 60 valence electrons. The topological polar surface area (TPSA) is 52.0 Å². The van der Waals surface area contributed by atoms with Gasteiger partial charge in [-0.25, -0.2) is 0 Å². The maximum atomic E-state index is 5.38. The normalized spacial score (nSPS) is 25.8. The Balaban J connectivity index is 0.0000001000. The first-order valence-electron chi connectivity index (χ1n) is 4.30. The van der Waals surface area contributed by atoms with Crippen molar-refractivity contribution in [3.63, 3.8) is 0 Å². The number of nitrogens with two attached hydrogens (primary N) is 2. The van der Waals surface area contributed by atoms with E-state index in [2.05, 4.69) is 0 Å². The Labute approximate surface area is 63.0 Å². The van der Waals surface area contributed by atoms with Crippen molar-refractivity contribution in [1.29, 1.82) is 0 Å². The van der Waals surface area contributed by atoms with E-state index in [1.807, 2.05) is 0 Å². The zero-order valence-corrected chi connectivity index (χ0v) is 6.55. The fourth-order valence-electron chi connectivity index (χ4n) is 0.880. The second-order valence-corrected chi connectivity index (χ2v) is 3.38. The Morgan fingerprint density at radius 1 is 0.700 bits per heavy atom. The van der Waals surface area contributed by atoms with Crippen molar-refractivity contribution in [2.24, 2.45) is 11.5 Å². The van der Waals surface area contributed by atoms with Gasteiger partial charge in [0.15, 0.2) is 0 Å². The van der Waals surface area contributed by atoms with Gasteiger partial charge in [-0.05, 0) is 25.7 Å². The Morgan fingerprint density at radius 2 is 0.900 bits per heavy atom. The zero-order valence-electron chi connectivity index (χ0n) is 6.55. The van der Waals surface area contributed by atoms with Crippen LogP contribution in [0, 0.1) is 0 Å². The van der Waals surface area contributed by atoms with Crippen molar-refractivity contribution < 1.29 is 0 Å². The molecule has 2 saturated carbocycles. The van der Waals surface area contributed by atoms with Gasteiger partial charge in [0.05, 0.1) is 0 Å². The van der Waals surface area contributed by atoms with Crippen molar-refractivity contribution in [2.75, 3.05) is 0 Å². The van der Waals surface area contributed by atoms with E-state index in [-0.39, 0.29) is 0 Å². The maximum Gasteiger partial charge on any atom is 0.00388 e. The molecule has 0 aromatic carbocycles. The molecule has 0 bridgehead atoms. The molecule has 0 amide bonds. The van der Waals surface area contributed by atoms with E-state index in [0.29, 0.717) is 12.1 Å². The molecule has 0 saturated heterocycles. The monoisotopic (exact) mass is 142 g/mol. The van der Waals surface area contributed by atoms with Crippen LogP contribution in [0.1, 0.15) is 38.5 Å². The fourth-order valence-corrected chi connectivity index (χ4v) is 0.880. The van der Waals surface area contributed by atoms with Crippen molar-refractivity contribution in [3.05, 3.63) is 0 Å². The Morgan fingerprint density at radius 3 is 0.900 bits per heavy atom. The van der Waals surface area contributed by atoms with Crippen LogP contribution < -0.4 is 11.5 Å². The van der Waals surface area contributed by atoms with Crippen molar-refractivity contribution in [2.45, 2.75) is 50.6 Å². The molecule has 2 fully saturated rings. The molecule has 0 atom stereocenters. The number of hydrogen-bond acceptors (Lipinski definition) is 2. The van der Waals surface area contributed by atoms with Crippen LogP contribution in [0.25, 0.3) is 0 Å². The van der Waals surface area contributed by atoms with Gasteiger partial charge in [0.2, 0.25) is 0 Å². The van der Waals surface area contributed by atoms with Gasteiger partial charge in [0, 0.05) is 12.1 Å². The van der Waals surface area contributed by atoms with Gasteiger partial charge in [-0.3, -0.25) is 0 Å². The first-order chi connectivity index (χ1) is 4.79.